The van der Waals surface area contributed by atoms with Crippen LogP contribution in [0.5, 0.6) is 5.75 Å². The van der Waals surface area contributed by atoms with Gasteiger partial charge in [0, 0.05) is 45.3 Å². The van der Waals surface area contributed by atoms with Gasteiger partial charge in [-0.2, -0.15) is 0 Å². The fourth-order valence-electron chi connectivity index (χ4n) is 3.92. The first-order valence-corrected chi connectivity index (χ1v) is 9.48. The Kier molecular flexibility index (Phi) is 6.53. The van der Waals surface area contributed by atoms with Crippen LogP contribution >= 0.6 is 12.4 Å². The standard InChI is InChI=1S/C19H26N6O2.ClH/c1-14-18(21-22-25(14)15-3-5-17(27-2)6-4-15)19(26)24-10-7-16(13-24)23-11-8-20-9-12-23;/h3-6,16,20H,7-13H2,1-2H3;1H. The highest BCUT2D eigenvalue weighted by Crippen LogP contribution is 2.21. The van der Waals surface area contributed by atoms with Crippen molar-refractivity contribution in [3.63, 3.8) is 0 Å². The van der Waals surface area contributed by atoms with Gasteiger partial charge in [-0.15, -0.1) is 17.5 Å². The fourth-order valence-corrected chi connectivity index (χ4v) is 3.92. The van der Waals surface area contributed by atoms with Crippen LogP contribution < -0.4 is 10.1 Å². The maximum atomic E-state index is 13.0. The third kappa shape index (κ3) is 3.99. The topological polar surface area (TPSA) is 75.5 Å². The van der Waals surface area contributed by atoms with Gasteiger partial charge in [0.25, 0.3) is 5.91 Å². The Morgan fingerprint density at radius 1 is 1.18 bits per heavy atom. The molecule has 0 spiro atoms. The number of carbonyl (C=O) groups excluding carboxylic acids is 1. The van der Waals surface area contributed by atoms with Crippen molar-refractivity contribution in [3.8, 4) is 11.4 Å². The second kappa shape index (κ2) is 8.89. The first-order valence-electron chi connectivity index (χ1n) is 9.48. The summed E-state index contributed by atoms with van der Waals surface area (Å²) in [4.78, 5) is 17.4. The fraction of sp³-hybridized carbons (Fsp3) is 0.526. The zero-order chi connectivity index (χ0) is 18.8. The number of nitrogens with zero attached hydrogens (tertiary/aromatic N) is 5. The first-order chi connectivity index (χ1) is 13.2. The van der Waals surface area contributed by atoms with Gasteiger partial charge in [0.05, 0.1) is 18.5 Å². The maximum absolute atomic E-state index is 13.0. The van der Waals surface area contributed by atoms with Crippen LogP contribution in [0.3, 0.4) is 0 Å². The average Bonchev–Trinajstić information content (AvgIpc) is 3.36. The number of likely N-dealkylation sites (tertiary alicyclic amines) is 1. The molecule has 1 atom stereocenters. The lowest BCUT2D eigenvalue weighted by Gasteiger charge is -2.32. The van der Waals surface area contributed by atoms with Gasteiger partial charge in [-0.25, -0.2) is 4.68 Å². The van der Waals surface area contributed by atoms with Crippen molar-refractivity contribution in [1.82, 2.24) is 30.1 Å². The largest absolute Gasteiger partial charge is 0.497 e. The van der Waals surface area contributed by atoms with Gasteiger partial charge >= 0.3 is 0 Å². The Labute approximate surface area is 171 Å². The number of hydrogen-bond donors (Lipinski definition) is 1. The molecule has 8 nitrogen and oxygen atoms in total. The van der Waals surface area contributed by atoms with E-state index in [4.69, 9.17) is 4.74 Å². The Balaban J connectivity index is 0.00000225. The lowest BCUT2D eigenvalue weighted by Crippen LogP contribution is -2.49. The summed E-state index contributed by atoms with van der Waals surface area (Å²) in [5.74, 6) is 0.758. The molecule has 2 aliphatic heterocycles. The molecule has 2 saturated heterocycles. The molecule has 1 N–H and O–H groups in total. The molecule has 152 valence electrons. The number of benzene rings is 1. The van der Waals surface area contributed by atoms with Crippen molar-refractivity contribution in [2.75, 3.05) is 46.4 Å². The second-order valence-electron chi connectivity index (χ2n) is 7.11. The monoisotopic (exact) mass is 406 g/mol. The van der Waals surface area contributed by atoms with Gasteiger partial charge in [-0.3, -0.25) is 9.69 Å². The molecule has 0 saturated carbocycles. The van der Waals surface area contributed by atoms with Gasteiger partial charge in [0.2, 0.25) is 0 Å². The number of methoxy groups -OCH3 is 1. The zero-order valence-electron chi connectivity index (χ0n) is 16.3. The average molecular weight is 407 g/mol. The highest BCUT2D eigenvalue weighted by atomic mass is 35.5. The van der Waals surface area contributed by atoms with Crippen LogP contribution in [0.2, 0.25) is 0 Å². The van der Waals surface area contributed by atoms with Gasteiger partial charge < -0.3 is 15.0 Å². The first kappa shape index (κ1) is 20.6. The number of aromatic nitrogens is 3. The third-order valence-electron chi connectivity index (χ3n) is 5.53. The predicted molar refractivity (Wildman–Crippen MR) is 109 cm³/mol. The summed E-state index contributed by atoms with van der Waals surface area (Å²) in [5, 5.41) is 11.8. The second-order valence-corrected chi connectivity index (χ2v) is 7.11. The van der Waals surface area contributed by atoms with E-state index in [9.17, 15) is 4.79 Å². The highest BCUT2D eigenvalue weighted by Gasteiger charge is 2.33. The summed E-state index contributed by atoms with van der Waals surface area (Å²) in [6.45, 7) is 7.61. The molecular formula is C19H27ClN6O2. The number of ether oxygens (including phenoxy) is 1. The molecule has 0 radical (unpaired) electrons. The van der Waals surface area contributed by atoms with Crippen LogP contribution in [0, 0.1) is 6.92 Å². The van der Waals surface area contributed by atoms with E-state index in [2.05, 4.69) is 20.5 Å². The molecule has 2 fully saturated rings. The molecule has 1 aromatic carbocycles. The third-order valence-corrected chi connectivity index (χ3v) is 5.53. The van der Waals surface area contributed by atoms with E-state index < -0.39 is 0 Å². The normalized spacial score (nSPS) is 20.1. The molecular weight excluding hydrogens is 380 g/mol. The van der Waals surface area contributed by atoms with Crippen molar-refractivity contribution in [1.29, 1.82) is 0 Å². The molecule has 2 aliphatic rings. The minimum Gasteiger partial charge on any atom is -0.497 e. The summed E-state index contributed by atoms with van der Waals surface area (Å²) in [5.41, 5.74) is 2.06. The van der Waals surface area contributed by atoms with Crippen molar-refractivity contribution >= 4 is 18.3 Å². The van der Waals surface area contributed by atoms with E-state index in [1.54, 1.807) is 11.8 Å². The molecule has 1 aromatic heterocycles. The van der Waals surface area contributed by atoms with Crippen LogP contribution in [0.1, 0.15) is 22.6 Å². The summed E-state index contributed by atoms with van der Waals surface area (Å²) in [6.07, 6.45) is 1.03. The summed E-state index contributed by atoms with van der Waals surface area (Å²) in [7, 11) is 1.64. The Morgan fingerprint density at radius 3 is 2.57 bits per heavy atom. The van der Waals surface area contributed by atoms with E-state index in [0.29, 0.717) is 11.7 Å². The van der Waals surface area contributed by atoms with Gasteiger partial charge in [0.1, 0.15) is 5.75 Å². The highest BCUT2D eigenvalue weighted by molar-refractivity contribution is 5.93. The number of hydrogen-bond acceptors (Lipinski definition) is 6. The maximum Gasteiger partial charge on any atom is 0.276 e. The Morgan fingerprint density at radius 2 is 1.89 bits per heavy atom. The van der Waals surface area contributed by atoms with Gasteiger partial charge in [-0.1, -0.05) is 5.21 Å². The molecule has 3 heterocycles. The molecule has 1 amide bonds. The van der Waals surface area contributed by atoms with Crippen LogP contribution in [-0.2, 0) is 0 Å². The number of amides is 1. The van der Waals surface area contributed by atoms with Crippen LogP contribution in [-0.4, -0.2) is 83.1 Å². The number of halogens is 1. The molecule has 28 heavy (non-hydrogen) atoms. The predicted octanol–water partition coefficient (Wildman–Crippen LogP) is 1.13. The number of piperazine rings is 1. The SMILES string of the molecule is COc1ccc(-n2nnc(C(=O)N3CCC(N4CCNCC4)C3)c2C)cc1.Cl. The van der Waals surface area contributed by atoms with E-state index in [-0.39, 0.29) is 18.3 Å². The Hall–Kier alpha value is -2.16. The quantitative estimate of drug-likeness (QED) is 0.820. The minimum atomic E-state index is -0.0232. The smallest absolute Gasteiger partial charge is 0.276 e. The van der Waals surface area contributed by atoms with Crippen molar-refractivity contribution in [3.05, 3.63) is 35.7 Å². The van der Waals surface area contributed by atoms with Crippen molar-refractivity contribution < 1.29 is 9.53 Å². The van der Waals surface area contributed by atoms with Gasteiger partial charge in [-0.05, 0) is 37.6 Å². The number of rotatable bonds is 4. The molecule has 9 heteroatoms. The van der Waals surface area contributed by atoms with E-state index in [1.165, 1.54) is 0 Å². The molecule has 0 aliphatic carbocycles. The van der Waals surface area contributed by atoms with Crippen LogP contribution in [0.25, 0.3) is 5.69 Å². The van der Waals surface area contributed by atoms with Crippen molar-refractivity contribution in [2.45, 2.75) is 19.4 Å². The molecule has 4 rings (SSSR count). The van der Waals surface area contributed by atoms with E-state index in [1.807, 2.05) is 36.1 Å². The van der Waals surface area contributed by atoms with Gasteiger partial charge in [0.15, 0.2) is 5.69 Å². The minimum absolute atomic E-state index is 0. The Bertz CT molecular complexity index is 803. The van der Waals surface area contributed by atoms with Crippen LogP contribution in [0.4, 0.5) is 0 Å². The molecule has 2 aromatic rings. The van der Waals surface area contributed by atoms with E-state index in [0.717, 1.165) is 62.8 Å². The zero-order valence-corrected chi connectivity index (χ0v) is 17.1. The van der Waals surface area contributed by atoms with E-state index >= 15 is 0 Å². The molecule has 1 unspecified atom stereocenters. The van der Waals surface area contributed by atoms with Crippen LogP contribution in [0.15, 0.2) is 24.3 Å². The lowest BCUT2D eigenvalue weighted by atomic mass is 10.2. The summed E-state index contributed by atoms with van der Waals surface area (Å²) < 4.78 is 6.90. The summed E-state index contributed by atoms with van der Waals surface area (Å²) in [6, 6.07) is 8.01. The summed E-state index contributed by atoms with van der Waals surface area (Å²) >= 11 is 0. The van der Waals surface area contributed by atoms with Crippen molar-refractivity contribution in [2.24, 2.45) is 0 Å². The number of nitrogens with one attached hydrogen (secondary N) is 1. The molecule has 0 bridgehead atoms. The number of carbonyl (C=O) groups is 1. The lowest BCUT2D eigenvalue weighted by molar-refractivity contribution is 0.0767.